The second-order valence-corrected chi connectivity index (χ2v) is 8.57. The van der Waals surface area contributed by atoms with Gasteiger partial charge in [-0.15, -0.1) is 0 Å². The lowest BCUT2D eigenvalue weighted by Crippen LogP contribution is -2.35. The van der Waals surface area contributed by atoms with Crippen LogP contribution in [-0.4, -0.2) is 29.3 Å². The minimum absolute atomic E-state index is 0.0620. The van der Waals surface area contributed by atoms with E-state index in [9.17, 15) is 9.59 Å². The normalized spacial score (nSPS) is 13.8. The van der Waals surface area contributed by atoms with E-state index in [1.807, 2.05) is 59.5 Å². The van der Waals surface area contributed by atoms with E-state index in [-0.39, 0.29) is 17.2 Å². The first-order valence-electron chi connectivity index (χ1n) is 10.1. The Bertz CT molecular complexity index is 803. The van der Waals surface area contributed by atoms with Gasteiger partial charge in [0, 0.05) is 31.1 Å². The Morgan fingerprint density at radius 2 is 1.64 bits per heavy atom. The molecule has 2 aromatic carbocycles. The molecule has 148 valence electrons. The monoisotopic (exact) mass is 378 g/mol. The molecule has 4 nitrogen and oxygen atoms in total. The number of benzene rings is 2. The van der Waals surface area contributed by atoms with Crippen LogP contribution in [0.5, 0.6) is 0 Å². The summed E-state index contributed by atoms with van der Waals surface area (Å²) < 4.78 is 0. The topological polar surface area (TPSA) is 49.4 Å². The lowest BCUT2D eigenvalue weighted by molar-refractivity contribution is -0.132. The SMILES string of the molecule is CC(C)(C)c1ccc(C(=O)NCCC(=O)N(Cc2ccccc2)C2CC2)cc1. The predicted molar refractivity (Wildman–Crippen MR) is 112 cm³/mol. The molecule has 2 aromatic rings. The summed E-state index contributed by atoms with van der Waals surface area (Å²) in [5.74, 6) is -0.0241. The molecular weight excluding hydrogens is 348 g/mol. The standard InChI is InChI=1S/C24H30N2O2/c1-24(2,3)20-11-9-19(10-12-20)23(28)25-16-15-22(27)26(21-13-14-21)17-18-7-5-4-6-8-18/h4-12,21H,13-17H2,1-3H3,(H,25,28). The third-order valence-corrected chi connectivity index (χ3v) is 5.14. The number of hydrogen-bond acceptors (Lipinski definition) is 2. The number of carbonyl (C=O) groups is 2. The van der Waals surface area contributed by atoms with Crippen molar-refractivity contribution < 1.29 is 9.59 Å². The zero-order chi connectivity index (χ0) is 20.1. The molecule has 1 aliphatic carbocycles. The van der Waals surface area contributed by atoms with Gasteiger partial charge in [0.25, 0.3) is 5.91 Å². The molecule has 0 saturated heterocycles. The summed E-state index contributed by atoms with van der Waals surface area (Å²) in [5.41, 5.74) is 3.03. The highest BCUT2D eigenvalue weighted by atomic mass is 16.2. The second-order valence-electron chi connectivity index (χ2n) is 8.57. The maximum atomic E-state index is 12.7. The first-order chi connectivity index (χ1) is 13.3. The first-order valence-corrected chi connectivity index (χ1v) is 10.1. The molecule has 1 fully saturated rings. The Labute approximate surface area is 167 Å². The van der Waals surface area contributed by atoms with Gasteiger partial charge in [0.05, 0.1) is 0 Å². The molecule has 0 heterocycles. The van der Waals surface area contributed by atoms with Crippen LogP contribution in [0.2, 0.25) is 0 Å². The zero-order valence-corrected chi connectivity index (χ0v) is 17.1. The first kappa shape index (κ1) is 20.1. The lowest BCUT2D eigenvalue weighted by atomic mass is 9.87. The van der Waals surface area contributed by atoms with E-state index in [0.717, 1.165) is 18.4 Å². The van der Waals surface area contributed by atoms with Crippen LogP contribution in [0.15, 0.2) is 54.6 Å². The van der Waals surface area contributed by atoms with Crippen molar-refractivity contribution in [2.75, 3.05) is 6.54 Å². The smallest absolute Gasteiger partial charge is 0.251 e. The molecule has 0 unspecified atom stereocenters. The van der Waals surface area contributed by atoms with E-state index in [1.54, 1.807) is 0 Å². The van der Waals surface area contributed by atoms with Crippen molar-refractivity contribution in [3.63, 3.8) is 0 Å². The molecule has 0 radical (unpaired) electrons. The van der Waals surface area contributed by atoms with E-state index in [2.05, 4.69) is 26.1 Å². The van der Waals surface area contributed by atoms with E-state index in [0.29, 0.717) is 31.1 Å². The number of nitrogens with one attached hydrogen (secondary N) is 1. The molecule has 3 rings (SSSR count). The minimum atomic E-state index is -0.130. The maximum absolute atomic E-state index is 12.7. The summed E-state index contributed by atoms with van der Waals surface area (Å²) >= 11 is 0. The Balaban J connectivity index is 1.50. The summed E-state index contributed by atoms with van der Waals surface area (Å²) in [5, 5.41) is 2.88. The van der Waals surface area contributed by atoms with Crippen LogP contribution in [0.25, 0.3) is 0 Å². The fourth-order valence-corrected chi connectivity index (χ4v) is 3.24. The minimum Gasteiger partial charge on any atom is -0.352 e. The number of nitrogens with zero attached hydrogens (tertiary/aromatic N) is 1. The summed E-state index contributed by atoms with van der Waals surface area (Å²) in [6.07, 6.45) is 2.48. The molecule has 0 aromatic heterocycles. The summed E-state index contributed by atoms with van der Waals surface area (Å²) in [6.45, 7) is 7.45. The van der Waals surface area contributed by atoms with Gasteiger partial charge < -0.3 is 10.2 Å². The molecule has 0 atom stereocenters. The van der Waals surface area contributed by atoms with Crippen LogP contribution in [0, 0.1) is 0 Å². The van der Waals surface area contributed by atoms with E-state index < -0.39 is 0 Å². The van der Waals surface area contributed by atoms with Crippen LogP contribution in [0.3, 0.4) is 0 Å². The lowest BCUT2D eigenvalue weighted by Gasteiger charge is -2.23. The predicted octanol–water partition coefficient (Wildman–Crippen LogP) is 4.30. The molecule has 0 aliphatic heterocycles. The van der Waals surface area contributed by atoms with E-state index in [1.165, 1.54) is 5.56 Å². The highest BCUT2D eigenvalue weighted by Crippen LogP contribution is 2.29. The van der Waals surface area contributed by atoms with Crippen molar-refractivity contribution in [1.29, 1.82) is 0 Å². The Kier molecular flexibility index (Phi) is 6.18. The van der Waals surface area contributed by atoms with Crippen LogP contribution in [0.1, 0.15) is 61.5 Å². The van der Waals surface area contributed by atoms with Crippen LogP contribution >= 0.6 is 0 Å². The van der Waals surface area contributed by atoms with Crippen molar-refractivity contribution in [2.45, 2.75) is 58.0 Å². The fourth-order valence-electron chi connectivity index (χ4n) is 3.24. The third-order valence-electron chi connectivity index (χ3n) is 5.14. The van der Waals surface area contributed by atoms with Crippen molar-refractivity contribution in [3.05, 3.63) is 71.3 Å². The van der Waals surface area contributed by atoms with Gasteiger partial charge in [-0.3, -0.25) is 9.59 Å². The van der Waals surface area contributed by atoms with Crippen LogP contribution in [0.4, 0.5) is 0 Å². The molecule has 28 heavy (non-hydrogen) atoms. The van der Waals surface area contributed by atoms with Crippen molar-refractivity contribution in [1.82, 2.24) is 10.2 Å². The highest BCUT2D eigenvalue weighted by molar-refractivity contribution is 5.94. The zero-order valence-electron chi connectivity index (χ0n) is 17.1. The number of hydrogen-bond donors (Lipinski definition) is 1. The molecular formula is C24H30N2O2. The molecule has 2 amide bonds. The molecule has 1 aliphatic rings. The molecule has 0 bridgehead atoms. The third kappa shape index (κ3) is 5.44. The molecule has 0 spiro atoms. The average molecular weight is 379 g/mol. The van der Waals surface area contributed by atoms with Crippen molar-refractivity contribution >= 4 is 11.8 Å². The van der Waals surface area contributed by atoms with Crippen molar-refractivity contribution in [2.24, 2.45) is 0 Å². The van der Waals surface area contributed by atoms with Crippen molar-refractivity contribution in [3.8, 4) is 0 Å². The van der Waals surface area contributed by atoms with Gasteiger partial charge in [0.1, 0.15) is 0 Å². The summed E-state index contributed by atoms with van der Waals surface area (Å²) in [7, 11) is 0. The van der Waals surface area contributed by atoms with Gasteiger partial charge in [0.15, 0.2) is 0 Å². The van der Waals surface area contributed by atoms with Crippen LogP contribution in [-0.2, 0) is 16.8 Å². The molecule has 1 N–H and O–H groups in total. The highest BCUT2D eigenvalue weighted by Gasteiger charge is 2.32. The van der Waals surface area contributed by atoms with Crippen LogP contribution < -0.4 is 5.32 Å². The molecule has 1 saturated carbocycles. The Morgan fingerprint density at radius 3 is 2.21 bits per heavy atom. The average Bonchev–Trinajstić information content (AvgIpc) is 3.51. The summed E-state index contributed by atoms with van der Waals surface area (Å²) in [4.78, 5) is 27.0. The van der Waals surface area contributed by atoms with Gasteiger partial charge in [-0.05, 0) is 41.5 Å². The fraction of sp³-hybridized carbons (Fsp3) is 0.417. The van der Waals surface area contributed by atoms with Gasteiger partial charge in [-0.2, -0.15) is 0 Å². The number of amides is 2. The van der Waals surface area contributed by atoms with Gasteiger partial charge in [-0.1, -0.05) is 63.2 Å². The number of carbonyl (C=O) groups excluding carboxylic acids is 2. The summed E-state index contributed by atoms with van der Waals surface area (Å²) in [6, 6.07) is 18.1. The molecule has 4 heteroatoms. The van der Waals surface area contributed by atoms with Gasteiger partial charge in [-0.25, -0.2) is 0 Å². The Hall–Kier alpha value is -2.62. The Morgan fingerprint density at radius 1 is 1.00 bits per heavy atom. The van der Waals surface area contributed by atoms with E-state index >= 15 is 0 Å². The van der Waals surface area contributed by atoms with Gasteiger partial charge >= 0.3 is 0 Å². The number of rotatable bonds is 7. The maximum Gasteiger partial charge on any atom is 0.251 e. The largest absolute Gasteiger partial charge is 0.352 e. The van der Waals surface area contributed by atoms with E-state index in [4.69, 9.17) is 0 Å². The quantitative estimate of drug-likeness (QED) is 0.781. The van der Waals surface area contributed by atoms with Gasteiger partial charge in [0.2, 0.25) is 5.91 Å². The second kappa shape index (κ2) is 8.59.